The van der Waals surface area contributed by atoms with Crippen molar-refractivity contribution in [2.24, 2.45) is 0 Å². The van der Waals surface area contributed by atoms with Gasteiger partial charge >= 0.3 is 0 Å². The van der Waals surface area contributed by atoms with Gasteiger partial charge in [-0.05, 0) is 12.8 Å². The van der Waals surface area contributed by atoms with Crippen LogP contribution in [-0.2, 0) is 0 Å². The Morgan fingerprint density at radius 3 is 1.25 bits per heavy atom. The van der Waals surface area contributed by atoms with Gasteiger partial charge in [0.25, 0.3) is 0 Å². The molecule has 0 heteroatoms. The molecule has 0 heterocycles. The van der Waals surface area contributed by atoms with Crippen molar-refractivity contribution in [3.63, 3.8) is 0 Å². The van der Waals surface area contributed by atoms with E-state index in [4.69, 9.17) is 0 Å². The lowest BCUT2D eigenvalue weighted by Gasteiger charge is -1.76. The number of hydrogen-bond acceptors (Lipinski definition) is 0. The molecule has 0 unspecified atom stereocenters. The maximum Gasteiger partial charge on any atom is -0.0319 e. The monoisotopic (exact) mass is 110 g/mol. The molecule has 0 radical (unpaired) electrons. The molecular weight excluding hydrogens is 96.1 g/mol. The van der Waals surface area contributed by atoms with Crippen molar-refractivity contribution in [2.75, 3.05) is 0 Å². The molecule has 0 atom stereocenters. The lowest BCUT2D eigenvalue weighted by molar-refractivity contribution is 1.06. The third kappa shape index (κ3) is 18.9. The van der Waals surface area contributed by atoms with Crippen molar-refractivity contribution >= 4 is 0 Å². The maximum atomic E-state index is 3.55. The van der Waals surface area contributed by atoms with Crippen molar-refractivity contribution in [3.05, 3.63) is 38.5 Å². The summed E-state index contributed by atoms with van der Waals surface area (Å²) in [6.07, 6.45) is 5.90. The third-order valence-electron chi connectivity index (χ3n) is 0.575. The molecule has 0 saturated heterocycles. The van der Waals surface area contributed by atoms with Gasteiger partial charge in [0.15, 0.2) is 0 Å². The summed E-state index contributed by atoms with van der Waals surface area (Å²) in [5.74, 6) is 0. The first-order valence-corrected chi connectivity index (χ1v) is 2.63. The van der Waals surface area contributed by atoms with Crippen LogP contribution >= 0.6 is 0 Å². The molecule has 8 heavy (non-hydrogen) atoms. The SMILES string of the molecule is C=C.C=CCCC=C. The molecule has 0 fully saturated rings. The fourth-order valence-corrected chi connectivity index (χ4v) is 0.236. The molecule has 0 nitrogen and oxygen atoms in total. The van der Waals surface area contributed by atoms with Gasteiger partial charge in [0.05, 0.1) is 0 Å². The molecule has 0 aromatic heterocycles. The maximum absolute atomic E-state index is 3.55. The van der Waals surface area contributed by atoms with Crippen LogP contribution in [0.2, 0.25) is 0 Å². The minimum atomic E-state index is 1.06. The lowest BCUT2D eigenvalue weighted by Crippen LogP contribution is -1.56. The molecule has 0 aliphatic carbocycles. The van der Waals surface area contributed by atoms with Gasteiger partial charge in [0, 0.05) is 0 Å². The summed E-state index contributed by atoms with van der Waals surface area (Å²) in [5, 5.41) is 0. The van der Waals surface area contributed by atoms with Crippen LogP contribution in [0.25, 0.3) is 0 Å². The molecule has 0 amide bonds. The minimum Gasteiger partial charge on any atom is -0.106 e. The first-order chi connectivity index (χ1) is 3.91. The van der Waals surface area contributed by atoms with E-state index in [-0.39, 0.29) is 0 Å². The van der Waals surface area contributed by atoms with Crippen LogP contribution in [0, 0.1) is 0 Å². The van der Waals surface area contributed by atoms with Crippen molar-refractivity contribution in [1.82, 2.24) is 0 Å². The van der Waals surface area contributed by atoms with Gasteiger partial charge in [-0.15, -0.1) is 26.3 Å². The van der Waals surface area contributed by atoms with E-state index in [2.05, 4.69) is 26.3 Å². The molecule has 0 spiro atoms. The van der Waals surface area contributed by atoms with Crippen molar-refractivity contribution < 1.29 is 0 Å². The highest BCUT2D eigenvalue weighted by atomic mass is 13.7. The minimum absolute atomic E-state index is 1.06. The van der Waals surface area contributed by atoms with Gasteiger partial charge in [0.1, 0.15) is 0 Å². The molecule has 0 aromatic rings. The Kier molecular flexibility index (Phi) is 20.9. The molecular formula is C8H14. The summed E-state index contributed by atoms with van der Waals surface area (Å²) in [6, 6.07) is 0. The Bertz CT molecular complexity index is 45.1. The summed E-state index contributed by atoms with van der Waals surface area (Å²) in [4.78, 5) is 0. The summed E-state index contributed by atoms with van der Waals surface area (Å²) in [6.45, 7) is 13.1. The van der Waals surface area contributed by atoms with Crippen LogP contribution in [0.1, 0.15) is 12.8 Å². The van der Waals surface area contributed by atoms with Crippen LogP contribution in [0.3, 0.4) is 0 Å². The van der Waals surface area contributed by atoms with Crippen molar-refractivity contribution in [1.29, 1.82) is 0 Å². The Labute approximate surface area is 52.2 Å². The Morgan fingerprint density at radius 1 is 0.875 bits per heavy atom. The lowest BCUT2D eigenvalue weighted by atomic mass is 10.3. The first-order valence-electron chi connectivity index (χ1n) is 2.63. The van der Waals surface area contributed by atoms with Gasteiger partial charge in [-0.1, -0.05) is 12.2 Å². The predicted octanol–water partition coefficient (Wildman–Crippen LogP) is 2.94. The topological polar surface area (TPSA) is 0 Å². The second kappa shape index (κ2) is 16.3. The van der Waals surface area contributed by atoms with Gasteiger partial charge in [-0.2, -0.15) is 0 Å². The average molecular weight is 110 g/mol. The predicted molar refractivity (Wildman–Crippen MR) is 40.9 cm³/mol. The van der Waals surface area contributed by atoms with Crippen molar-refractivity contribution in [2.45, 2.75) is 12.8 Å². The van der Waals surface area contributed by atoms with Crippen LogP contribution in [-0.4, -0.2) is 0 Å². The smallest absolute Gasteiger partial charge is 0.0319 e. The summed E-state index contributed by atoms with van der Waals surface area (Å²) < 4.78 is 0. The summed E-state index contributed by atoms with van der Waals surface area (Å²) >= 11 is 0. The highest BCUT2D eigenvalue weighted by Gasteiger charge is 1.66. The second-order valence-electron chi connectivity index (χ2n) is 1.15. The quantitative estimate of drug-likeness (QED) is 0.387. The van der Waals surface area contributed by atoms with E-state index < -0.39 is 0 Å². The van der Waals surface area contributed by atoms with E-state index in [9.17, 15) is 0 Å². The number of allylic oxidation sites excluding steroid dienone is 2. The molecule has 0 aliphatic rings. The standard InChI is InChI=1S/C6H10.C2H4/c1-3-5-6-4-2;1-2/h3-4H,1-2,5-6H2;1-2H2. The third-order valence-corrected chi connectivity index (χ3v) is 0.575. The van der Waals surface area contributed by atoms with Gasteiger partial charge in [0.2, 0.25) is 0 Å². The molecule has 0 saturated carbocycles. The molecule has 0 aliphatic heterocycles. The molecule has 0 rings (SSSR count). The van der Waals surface area contributed by atoms with E-state index >= 15 is 0 Å². The molecule has 0 aromatic carbocycles. The zero-order valence-electron chi connectivity index (χ0n) is 5.40. The fraction of sp³-hybridized carbons (Fsp3) is 0.250. The Morgan fingerprint density at radius 2 is 1.12 bits per heavy atom. The summed E-state index contributed by atoms with van der Waals surface area (Å²) in [7, 11) is 0. The summed E-state index contributed by atoms with van der Waals surface area (Å²) in [5.41, 5.74) is 0. The van der Waals surface area contributed by atoms with E-state index in [1.165, 1.54) is 0 Å². The van der Waals surface area contributed by atoms with Gasteiger partial charge < -0.3 is 0 Å². The fourth-order valence-electron chi connectivity index (χ4n) is 0.236. The molecule has 0 N–H and O–H groups in total. The second-order valence-corrected chi connectivity index (χ2v) is 1.15. The molecule has 0 bridgehead atoms. The normalized spacial score (nSPS) is 6.00. The van der Waals surface area contributed by atoms with Crippen molar-refractivity contribution in [3.8, 4) is 0 Å². The van der Waals surface area contributed by atoms with E-state index in [0.717, 1.165) is 12.8 Å². The van der Waals surface area contributed by atoms with Crippen LogP contribution in [0.5, 0.6) is 0 Å². The zero-order chi connectivity index (χ0) is 6.83. The number of rotatable bonds is 3. The van der Waals surface area contributed by atoms with E-state index in [0.29, 0.717) is 0 Å². The first kappa shape index (κ1) is 10.3. The largest absolute Gasteiger partial charge is 0.106 e. The zero-order valence-corrected chi connectivity index (χ0v) is 5.40. The Balaban J connectivity index is 0. The van der Waals surface area contributed by atoms with Gasteiger partial charge in [-0.25, -0.2) is 0 Å². The average Bonchev–Trinajstić information content (AvgIpc) is 1.88. The highest BCUT2D eigenvalue weighted by molar-refractivity contribution is 4.74. The molecule has 46 valence electrons. The van der Waals surface area contributed by atoms with Crippen LogP contribution in [0.15, 0.2) is 38.5 Å². The van der Waals surface area contributed by atoms with E-state index in [1.54, 1.807) is 0 Å². The highest BCUT2D eigenvalue weighted by Crippen LogP contribution is 1.86. The number of unbranched alkanes of at least 4 members (excludes halogenated alkanes) is 1. The van der Waals surface area contributed by atoms with E-state index in [1.807, 2.05) is 12.2 Å². The number of hydrogen-bond donors (Lipinski definition) is 0. The van der Waals surface area contributed by atoms with Crippen LogP contribution < -0.4 is 0 Å². The Hall–Kier alpha value is -0.780. The van der Waals surface area contributed by atoms with Crippen LogP contribution in [0.4, 0.5) is 0 Å². The van der Waals surface area contributed by atoms with Gasteiger partial charge in [-0.3, -0.25) is 0 Å².